The molecule has 2 aromatic carbocycles. The van der Waals surface area contributed by atoms with Crippen molar-refractivity contribution in [2.75, 3.05) is 17.7 Å². The lowest BCUT2D eigenvalue weighted by atomic mass is 9.93. The molecule has 2 rings (SSSR count). The summed E-state index contributed by atoms with van der Waals surface area (Å²) in [6.45, 7) is 2.07. The van der Waals surface area contributed by atoms with Crippen molar-refractivity contribution in [1.29, 1.82) is 0 Å². The maximum absolute atomic E-state index is 12.6. The average molecular weight is 325 g/mol. The minimum absolute atomic E-state index is 0.0185. The Morgan fingerprint density at radius 3 is 2.04 bits per heavy atom. The van der Waals surface area contributed by atoms with Crippen LogP contribution in [0.1, 0.15) is 31.2 Å². The fourth-order valence-electron chi connectivity index (χ4n) is 2.48. The van der Waals surface area contributed by atoms with Gasteiger partial charge in [-0.3, -0.25) is 4.79 Å². The Labute approximate surface area is 142 Å². The molecule has 0 radical (unpaired) electrons. The van der Waals surface area contributed by atoms with Gasteiger partial charge >= 0.3 is 6.03 Å². The van der Waals surface area contributed by atoms with E-state index in [0.717, 1.165) is 18.4 Å². The molecule has 0 aromatic heterocycles. The summed E-state index contributed by atoms with van der Waals surface area (Å²) in [6, 6.07) is 16.6. The monoisotopic (exact) mass is 325 g/mol. The molecule has 0 fully saturated rings. The second-order valence-corrected chi connectivity index (χ2v) is 5.52. The summed E-state index contributed by atoms with van der Waals surface area (Å²) in [6.07, 6.45) is 1.73. The standard InChI is InChI=1S/C19H23N3O2/c1-3-7-17(14-8-5-4-6-9-14)18(23)21-15-10-12-16(13-11-15)22-19(24)20-2/h4-6,8-13,17H,3,7H2,1-2H3,(H,21,23)(H2,20,22,24). The van der Waals surface area contributed by atoms with Gasteiger partial charge in [0.2, 0.25) is 5.91 Å². The van der Waals surface area contributed by atoms with Gasteiger partial charge in [-0.1, -0.05) is 43.7 Å². The van der Waals surface area contributed by atoms with Crippen molar-refractivity contribution in [2.45, 2.75) is 25.7 Å². The third-order valence-corrected chi connectivity index (χ3v) is 3.73. The zero-order valence-corrected chi connectivity index (χ0v) is 14.0. The Hall–Kier alpha value is -2.82. The van der Waals surface area contributed by atoms with E-state index in [-0.39, 0.29) is 17.9 Å². The minimum atomic E-state index is -0.279. The van der Waals surface area contributed by atoms with Gasteiger partial charge in [0.1, 0.15) is 0 Å². The lowest BCUT2D eigenvalue weighted by Gasteiger charge is -2.17. The van der Waals surface area contributed by atoms with Crippen LogP contribution in [0.4, 0.5) is 16.2 Å². The smallest absolute Gasteiger partial charge is 0.318 e. The van der Waals surface area contributed by atoms with E-state index < -0.39 is 0 Å². The normalized spacial score (nSPS) is 11.4. The highest BCUT2D eigenvalue weighted by atomic mass is 16.2. The highest BCUT2D eigenvalue weighted by molar-refractivity contribution is 5.96. The summed E-state index contributed by atoms with van der Waals surface area (Å²) in [4.78, 5) is 23.9. The summed E-state index contributed by atoms with van der Waals surface area (Å²) in [5.74, 6) is -0.185. The number of hydrogen-bond donors (Lipinski definition) is 3. The second-order valence-electron chi connectivity index (χ2n) is 5.52. The molecule has 0 saturated heterocycles. The number of benzene rings is 2. The maximum Gasteiger partial charge on any atom is 0.318 e. The quantitative estimate of drug-likeness (QED) is 0.752. The third-order valence-electron chi connectivity index (χ3n) is 3.73. The van der Waals surface area contributed by atoms with Crippen molar-refractivity contribution in [3.8, 4) is 0 Å². The van der Waals surface area contributed by atoms with Gasteiger partial charge in [0, 0.05) is 18.4 Å². The first-order valence-corrected chi connectivity index (χ1v) is 8.08. The topological polar surface area (TPSA) is 70.2 Å². The molecule has 0 heterocycles. The molecule has 1 atom stereocenters. The van der Waals surface area contributed by atoms with Gasteiger partial charge in [-0.05, 0) is 36.2 Å². The Bertz CT molecular complexity index is 669. The van der Waals surface area contributed by atoms with Gasteiger partial charge in [-0.2, -0.15) is 0 Å². The Morgan fingerprint density at radius 2 is 1.50 bits per heavy atom. The number of urea groups is 1. The first-order chi connectivity index (χ1) is 11.6. The molecule has 3 N–H and O–H groups in total. The van der Waals surface area contributed by atoms with Crippen molar-refractivity contribution in [3.05, 3.63) is 60.2 Å². The van der Waals surface area contributed by atoms with E-state index in [1.54, 1.807) is 31.3 Å². The zero-order chi connectivity index (χ0) is 17.4. The average Bonchev–Trinajstić information content (AvgIpc) is 2.61. The fraction of sp³-hybridized carbons (Fsp3) is 0.263. The molecule has 3 amide bonds. The van der Waals surface area contributed by atoms with Crippen LogP contribution in [-0.4, -0.2) is 19.0 Å². The Kier molecular flexibility index (Phi) is 6.37. The molecule has 2 aromatic rings. The number of amides is 3. The number of carbonyl (C=O) groups is 2. The molecular formula is C19H23N3O2. The molecule has 0 aliphatic carbocycles. The Balaban J connectivity index is 2.05. The van der Waals surface area contributed by atoms with Crippen molar-refractivity contribution in [2.24, 2.45) is 0 Å². The largest absolute Gasteiger partial charge is 0.341 e. The third kappa shape index (κ3) is 4.84. The number of anilines is 2. The SMILES string of the molecule is CCCC(C(=O)Nc1ccc(NC(=O)NC)cc1)c1ccccc1. The molecule has 126 valence electrons. The minimum Gasteiger partial charge on any atom is -0.341 e. The number of nitrogens with one attached hydrogen (secondary N) is 3. The van der Waals surface area contributed by atoms with Crippen molar-refractivity contribution < 1.29 is 9.59 Å². The molecule has 0 aliphatic heterocycles. The van der Waals surface area contributed by atoms with Crippen LogP contribution in [0.15, 0.2) is 54.6 Å². The van der Waals surface area contributed by atoms with E-state index in [9.17, 15) is 9.59 Å². The molecule has 24 heavy (non-hydrogen) atoms. The van der Waals surface area contributed by atoms with Crippen LogP contribution in [0.5, 0.6) is 0 Å². The second kappa shape index (κ2) is 8.72. The summed E-state index contributed by atoms with van der Waals surface area (Å²) in [7, 11) is 1.56. The number of carbonyl (C=O) groups excluding carboxylic acids is 2. The van der Waals surface area contributed by atoms with Crippen LogP contribution in [0, 0.1) is 0 Å². The zero-order valence-electron chi connectivity index (χ0n) is 14.0. The van der Waals surface area contributed by atoms with E-state index in [4.69, 9.17) is 0 Å². The molecule has 0 bridgehead atoms. The first kappa shape index (κ1) is 17.5. The lowest BCUT2D eigenvalue weighted by molar-refractivity contribution is -0.117. The molecular weight excluding hydrogens is 302 g/mol. The number of rotatable bonds is 6. The van der Waals surface area contributed by atoms with Crippen LogP contribution in [-0.2, 0) is 4.79 Å². The van der Waals surface area contributed by atoms with Crippen LogP contribution >= 0.6 is 0 Å². The van der Waals surface area contributed by atoms with E-state index in [1.807, 2.05) is 30.3 Å². The number of hydrogen-bond acceptors (Lipinski definition) is 2. The van der Waals surface area contributed by atoms with E-state index >= 15 is 0 Å². The molecule has 5 heteroatoms. The Morgan fingerprint density at radius 1 is 0.917 bits per heavy atom. The molecule has 0 spiro atoms. The van der Waals surface area contributed by atoms with Crippen LogP contribution in [0.25, 0.3) is 0 Å². The van der Waals surface area contributed by atoms with Crippen LogP contribution in [0.3, 0.4) is 0 Å². The van der Waals surface area contributed by atoms with Crippen molar-refractivity contribution in [3.63, 3.8) is 0 Å². The summed E-state index contributed by atoms with van der Waals surface area (Å²) in [5, 5.41) is 8.12. The fourth-order valence-corrected chi connectivity index (χ4v) is 2.48. The highest BCUT2D eigenvalue weighted by Gasteiger charge is 2.19. The van der Waals surface area contributed by atoms with Gasteiger partial charge in [-0.15, -0.1) is 0 Å². The summed E-state index contributed by atoms with van der Waals surface area (Å²) in [5.41, 5.74) is 2.40. The predicted molar refractivity (Wildman–Crippen MR) is 97.2 cm³/mol. The van der Waals surface area contributed by atoms with Gasteiger partial charge in [0.15, 0.2) is 0 Å². The molecule has 0 aliphatic rings. The first-order valence-electron chi connectivity index (χ1n) is 8.08. The molecule has 1 unspecified atom stereocenters. The van der Waals surface area contributed by atoms with Crippen molar-refractivity contribution in [1.82, 2.24) is 5.32 Å². The van der Waals surface area contributed by atoms with Gasteiger partial charge in [0.25, 0.3) is 0 Å². The lowest BCUT2D eigenvalue weighted by Crippen LogP contribution is -2.24. The van der Waals surface area contributed by atoms with E-state index in [0.29, 0.717) is 11.4 Å². The highest BCUT2D eigenvalue weighted by Crippen LogP contribution is 2.23. The predicted octanol–water partition coefficient (Wildman–Crippen LogP) is 3.96. The van der Waals surface area contributed by atoms with Gasteiger partial charge in [-0.25, -0.2) is 4.79 Å². The van der Waals surface area contributed by atoms with E-state index in [2.05, 4.69) is 22.9 Å². The van der Waals surface area contributed by atoms with Gasteiger partial charge in [0.05, 0.1) is 5.92 Å². The molecule has 0 saturated carbocycles. The van der Waals surface area contributed by atoms with Crippen molar-refractivity contribution >= 4 is 23.3 Å². The van der Waals surface area contributed by atoms with Crippen LogP contribution in [0.2, 0.25) is 0 Å². The summed E-state index contributed by atoms with van der Waals surface area (Å²) < 4.78 is 0. The molecule has 5 nitrogen and oxygen atoms in total. The van der Waals surface area contributed by atoms with Crippen LogP contribution < -0.4 is 16.0 Å². The maximum atomic E-state index is 12.6. The van der Waals surface area contributed by atoms with Gasteiger partial charge < -0.3 is 16.0 Å². The summed E-state index contributed by atoms with van der Waals surface area (Å²) >= 11 is 0. The van der Waals surface area contributed by atoms with E-state index in [1.165, 1.54) is 0 Å².